The summed E-state index contributed by atoms with van der Waals surface area (Å²) in [7, 11) is 5.33. The van der Waals surface area contributed by atoms with Gasteiger partial charge in [0.05, 0.1) is 53.8 Å². The zero-order valence-electron chi connectivity index (χ0n) is 44.3. The molecule has 18 nitrogen and oxygen atoms in total. The Morgan fingerprint density at radius 2 is 1.67 bits per heavy atom. The molecule has 2 unspecified atom stereocenters. The molecule has 0 saturated carbocycles. The van der Waals surface area contributed by atoms with Gasteiger partial charge in [-0.2, -0.15) is 0 Å². The van der Waals surface area contributed by atoms with E-state index in [1.807, 2.05) is 71.9 Å². The van der Waals surface area contributed by atoms with Crippen LogP contribution in [0.25, 0.3) is 0 Å². The van der Waals surface area contributed by atoms with E-state index in [0.717, 1.165) is 10.6 Å². The lowest BCUT2D eigenvalue weighted by atomic mass is 9.68. The summed E-state index contributed by atoms with van der Waals surface area (Å²) in [5.74, 6) is -2.42. The summed E-state index contributed by atoms with van der Waals surface area (Å²) in [4.78, 5) is 19.4. The number of aromatic nitrogens is 3. The van der Waals surface area contributed by atoms with Crippen molar-refractivity contribution in [3.05, 3.63) is 36.2 Å². The summed E-state index contributed by atoms with van der Waals surface area (Å²) in [5.41, 5.74) is -3.65. The molecule has 0 radical (unpaired) electrons. The first-order valence-corrected chi connectivity index (χ1v) is 26.9. The molecule has 0 amide bonds. The fraction of sp³-hybridized carbons (Fsp3) is 0.824. The molecule has 4 heterocycles. The third-order valence-electron chi connectivity index (χ3n) is 15.7. The van der Waals surface area contributed by atoms with E-state index in [-0.39, 0.29) is 31.3 Å². The van der Waals surface area contributed by atoms with Crippen LogP contribution in [0.2, 0.25) is 0 Å². The molecule has 0 bridgehead atoms. The van der Waals surface area contributed by atoms with Crippen LogP contribution >= 0.6 is 0 Å². The van der Waals surface area contributed by atoms with Crippen LogP contribution in [0.4, 0.5) is 0 Å². The molecule has 70 heavy (non-hydrogen) atoms. The van der Waals surface area contributed by atoms with Gasteiger partial charge in [0.25, 0.3) is 0 Å². The Bertz CT molecular complexity index is 1930. The number of hydrogen-bond donors (Lipinski definition) is 5. The van der Waals surface area contributed by atoms with Crippen LogP contribution in [0.3, 0.4) is 0 Å². The molecule has 1 aromatic carbocycles. The number of rotatable bonds is 15. The van der Waals surface area contributed by atoms with Gasteiger partial charge in [-0.25, -0.2) is 0 Å². The number of carbonyl (C=O) groups is 1. The second-order valence-corrected chi connectivity index (χ2v) is 23.0. The Morgan fingerprint density at radius 3 is 2.30 bits per heavy atom. The second kappa shape index (κ2) is 24.7. The Labute approximate surface area is 419 Å². The lowest BCUT2D eigenvalue weighted by Crippen LogP contribution is -2.62. The van der Waals surface area contributed by atoms with Crippen molar-refractivity contribution in [1.82, 2.24) is 24.8 Å². The van der Waals surface area contributed by atoms with E-state index in [1.54, 1.807) is 50.8 Å². The van der Waals surface area contributed by atoms with Crippen LogP contribution in [-0.2, 0) is 52.6 Å². The predicted octanol–water partition coefficient (Wildman–Crippen LogP) is 3.59. The van der Waals surface area contributed by atoms with Crippen LogP contribution in [0, 0.1) is 23.7 Å². The molecule has 3 fully saturated rings. The van der Waals surface area contributed by atoms with Gasteiger partial charge in [0, 0.05) is 70.2 Å². The fourth-order valence-electron chi connectivity index (χ4n) is 11.4. The van der Waals surface area contributed by atoms with E-state index < -0.39 is 113 Å². The highest BCUT2D eigenvalue weighted by atomic mass is 32.2. The summed E-state index contributed by atoms with van der Waals surface area (Å²) < 4.78 is 51.5. The zero-order chi connectivity index (χ0) is 52.0. The average molecular weight is 1010 g/mol. The van der Waals surface area contributed by atoms with Crippen LogP contribution in [0.15, 0.2) is 35.4 Å². The largest absolute Gasteiger partial charge is 0.612 e. The van der Waals surface area contributed by atoms with Crippen molar-refractivity contribution in [1.29, 1.82) is 0 Å². The molecule has 5 rings (SSSR count). The number of esters is 1. The molecule has 0 aliphatic carbocycles. The van der Waals surface area contributed by atoms with E-state index in [4.69, 9.17) is 28.4 Å². The lowest BCUT2D eigenvalue weighted by Gasteiger charge is -2.51. The minimum absolute atomic E-state index is 0.170. The van der Waals surface area contributed by atoms with Crippen molar-refractivity contribution in [2.45, 2.75) is 203 Å². The summed E-state index contributed by atoms with van der Waals surface area (Å²) >= 11 is -1.05. The standard InChI is InChI=1S/C51H87N5O13S/c1-15-41-51(10,62)44(58)34(6)55(12)28-30(2)26-49(8,61)46(32(4)42(33(5)47(60)68-41)40-27-50(9,64-13)45(59)35(7)67-40)69-48-43(57)39(25-31(3)66-48)54(11)23-21-36-29-56(53-52-36)22-16-24-65-37-17-19-38(20-18-37)70(14)63/h17-20,29-35,39-46,48,57-59,61-62H,15-16,21-28H2,1-14H3/t30-,31-,32+,33-,34-,35+,39+,40?,41-,42+,43-,44-,45+,46-,48+,49-,50-,51-,70?/m1/s1. The van der Waals surface area contributed by atoms with Gasteiger partial charge in [0.1, 0.15) is 42.0 Å². The Hall–Kier alpha value is -2.50. The van der Waals surface area contributed by atoms with Crippen molar-refractivity contribution in [2.75, 3.05) is 47.2 Å². The topological polar surface area (TPSA) is 234 Å². The smallest absolute Gasteiger partial charge is 0.309 e. The number of aryl methyl sites for hydroxylation is 1. The minimum atomic E-state index is -1.81. The van der Waals surface area contributed by atoms with Crippen molar-refractivity contribution in [3.63, 3.8) is 0 Å². The average Bonchev–Trinajstić information content (AvgIpc) is 3.76. The normalized spacial score (nSPS) is 40.3. The molecular formula is C51H87N5O13S. The molecule has 2 aromatic rings. The van der Waals surface area contributed by atoms with Crippen molar-refractivity contribution in [3.8, 4) is 5.75 Å². The molecule has 1 aromatic heterocycles. The Balaban J connectivity index is 1.39. The van der Waals surface area contributed by atoms with Crippen LogP contribution in [0.1, 0.15) is 107 Å². The highest BCUT2D eigenvalue weighted by Crippen LogP contribution is 2.45. The van der Waals surface area contributed by atoms with Crippen molar-refractivity contribution < 1.29 is 63.3 Å². The highest BCUT2D eigenvalue weighted by molar-refractivity contribution is 7.90. The van der Waals surface area contributed by atoms with Gasteiger partial charge in [0.2, 0.25) is 0 Å². The van der Waals surface area contributed by atoms with Gasteiger partial charge in [0.15, 0.2) is 11.2 Å². The molecule has 5 N–H and O–H groups in total. The van der Waals surface area contributed by atoms with Crippen molar-refractivity contribution >= 4 is 17.1 Å². The minimum Gasteiger partial charge on any atom is -0.612 e. The van der Waals surface area contributed by atoms with Crippen molar-refractivity contribution in [2.24, 2.45) is 23.7 Å². The van der Waals surface area contributed by atoms with Gasteiger partial charge >= 0.3 is 5.97 Å². The van der Waals surface area contributed by atoms with Gasteiger partial charge in [-0.05, 0) is 122 Å². The van der Waals surface area contributed by atoms with Gasteiger partial charge in [-0.3, -0.25) is 9.48 Å². The first-order valence-electron chi connectivity index (χ1n) is 25.3. The first-order chi connectivity index (χ1) is 32.7. The molecule has 0 spiro atoms. The Morgan fingerprint density at radius 1 is 1.00 bits per heavy atom. The summed E-state index contributed by atoms with van der Waals surface area (Å²) in [5, 5.41) is 68.7. The number of aliphatic hydroxyl groups excluding tert-OH is 3. The third kappa shape index (κ3) is 14.0. The SMILES string of the molecule is CC[C@H]1OC(=O)[C@H](C)[C@@H](C2C[C@@](C)(OC)[C@@H](O)[C@H](C)O2)[C@H](C)[C@@H](O[C@@H]2O[C@H](C)C[C@H](N(C)CCc3cn(CCCOc4ccc([S+](C)[O-])cc4)nn3)[C@H]2O)[C@](C)(O)C[C@@H](C)CN(C)[C@H](C)[C@@H](O)[C@]1(C)O. The lowest BCUT2D eigenvalue weighted by molar-refractivity contribution is -0.302. The molecule has 19 heteroatoms. The number of hydrogen-bond acceptors (Lipinski definition) is 17. The highest BCUT2D eigenvalue weighted by Gasteiger charge is 2.55. The Kier molecular flexibility index (Phi) is 20.6. The van der Waals surface area contributed by atoms with Gasteiger partial charge in [-0.1, -0.05) is 32.9 Å². The number of cyclic esters (lactones) is 1. The quantitative estimate of drug-likeness (QED) is 0.0975. The maximum atomic E-state index is 14.6. The monoisotopic (exact) mass is 1010 g/mol. The number of aliphatic hydroxyl groups is 5. The fourth-order valence-corrected chi connectivity index (χ4v) is 11.9. The molecule has 400 valence electrons. The molecule has 3 saturated heterocycles. The number of ether oxygens (including phenoxy) is 6. The number of methoxy groups -OCH3 is 1. The van der Waals surface area contributed by atoms with E-state index >= 15 is 0 Å². The summed E-state index contributed by atoms with van der Waals surface area (Å²) in [6, 6.07) is 6.28. The maximum absolute atomic E-state index is 14.6. The maximum Gasteiger partial charge on any atom is 0.309 e. The van der Waals surface area contributed by atoms with E-state index in [9.17, 15) is 34.9 Å². The predicted molar refractivity (Wildman–Crippen MR) is 264 cm³/mol. The van der Waals surface area contributed by atoms with E-state index in [1.165, 1.54) is 14.0 Å². The zero-order valence-corrected chi connectivity index (χ0v) is 45.1. The summed E-state index contributed by atoms with van der Waals surface area (Å²) in [6.45, 7) is 20.0. The van der Waals surface area contributed by atoms with E-state index in [0.29, 0.717) is 51.3 Å². The van der Waals surface area contributed by atoms with Gasteiger partial charge < -0.3 is 68.3 Å². The molecule has 3 aliphatic rings. The second-order valence-electron chi connectivity index (χ2n) is 21.6. The van der Waals surface area contributed by atoms with Gasteiger partial charge in [-0.15, -0.1) is 5.10 Å². The van der Waals surface area contributed by atoms with Crippen LogP contribution in [-0.4, -0.2) is 192 Å². The number of likely N-dealkylation sites (N-methyl/N-ethyl adjacent to an activating group) is 2. The summed E-state index contributed by atoms with van der Waals surface area (Å²) in [6.07, 6.45) is -2.48. The third-order valence-corrected chi connectivity index (χ3v) is 16.7. The first kappa shape index (κ1) is 58.4. The van der Waals surface area contributed by atoms with E-state index in [2.05, 4.69) is 15.2 Å². The molecular weight excluding hydrogens is 923 g/mol. The number of carbonyl (C=O) groups excluding carboxylic acids is 1. The molecule has 3 aliphatic heterocycles. The number of nitrogens with zero attached hydrogens (tertiary/aromatic N) is 5. The number of benzene rings is 1. The molecule has 19 atom stereocenters. The van der Waals surface area contributed by atoms with Crippen LogP contribution < -0.4 is 4.74 Å². The van der Waals surface area contributed by atoms with Crippen LogP contribution in [0.5, 0.6) is 5.75 Å².